The maximum absolute atomic E-state index is 12.6. The Morgan fingerprint density at radius 3 is 2.34 bits per heavy atom. The normalized spacial score (nSPS) is 20.9. The van der Waals surface area contributed by atoms with Crippen molar-refractivity contribution in [2.75, 3.05) is 14.2 Å². The van der Waals surface area contributed by atoms with Gasteiger partial charge in [-0.05, 0) is 0 Å². The topological polar surface area (TPSA) is 40.0 Å². The fraction of sp³-hybridized carbons (Fsp3) is 0.522. The summed E-state index contributed by atoms with van der Waals surface area (Å²) in [6.45, 7) is 2.90. The number of hydrogen-bond acceptors (Lipinski definition) is 3. The van der Waals surface area contributed by atoms with Crippen molar-refractivity contribution in [2.24, 2.45) is 0 Å². The van der Waals surface area contributed by atoms with Crippen molar-refractivity contribution in [3.05, 3.63) is 59.8 Å². The monoisotopic (exact) mass is 567 g/mol. The van der Waals surface area contributed by atoms with E-state index in [2.05, 4.69) is 31.2 Å². The summed E-state index contributed by atoms with van der Waals surface area (Å²) in [5.74, 6) is 0.261. The van der Waals surface area contributed by atoms with Crippen LogP contribution in [0.15, 0.2) is 54.3 Å². The molecule has 2 rings (SSSR count). The van der Waals surface area contributed by atoms with Gasteiger partial charge in [0.15, 0.2) is 0 Å². The zero-order valence-electron chi connectivity index (χ0n) is 18.2. The van der Waals surface area contributed by atoms with E-state index in [0.717, 1.165) is 37.1 Å². The third-order valence-electron chi connectivity index (χ3n) is 5.46. The third kappa shape index (κ3) is 9.09. The van der Waals surface area contributed by atoms with Crippen LogP contribution < -0.4 is 21.9 Å². The zero-order chi connectivity index (χ0) is 20.4. The van der Waals surface area contributed by atoms with Gasteiger partial charge in [-0.2, -0.15) is 0 Å². The van der Waals surface area contributed by atoms with Crippen LogP contribution in [0, 0.1) is 0 Å². The molecule has 4 nitrogen and oxygen atoms in total. The quantitative estimate of drug-likeness (QED) is 0.391. The summed E-state index contributed by atoms with van der Waals surface area (Å²) in [6, 6.07) is 10.2. The van der Waals surface area contributed by atoms with Crippen molar-refractivity contribution >= 4 is 30.3 Å². The largest absolute Gasteiger partial charge is 1.00 e. The molecule has 29 heavy (non-hydrogen) atoms. The van der Waals surface area contributed by atoms with Crippen molar-refractivity contribution in [3.8, 4) is 0 Å². The molecule has 4 unspecified atom stereocenters. The number of rotatable bonds is 11. The molecule has 0 spiro atoms. The summed E-state index contributed by atoms with van der Waals surface area (Å²) < 4.78 is 11.9. The van der Waals surface area contributed by atoms with Crippen LogP contribution in [0.4, 0.5) is 0 Å². The van der Waals surface area contributed by atoms with Crippen LogP contribution in [0.2, 0.25) is 3.67 Å². The van der Waals surface area contributed by atoms with Crippen LogP contribution in [0.1, 0.15) is 44.6 Å². The predicted octanol–water partition coefficient (Wildman–Crippen LogP) is -0.522. The van der Waals surface area contributed by atoms with E-state index in [4.69, 9.17) is 9.47 Å². The predicted molar refractivity (Wildman–Crippen MR) is 116 cm³/mol. The average molecular weight is 568 g/mol. The van der Waals surface area contributed by atoms with E-state index in [9.17, 15) is 4.79 Å². The minimum Gasteiger partial charge on any atom is -1.00 e. The molecule has 0 saturated carbocycles. The molecular formula is C23H35BrInNO3. The number of carbonyl (C=O) groups is 1. The van der Waals surface area contributed by atoms with Gasteiger partial charge in [0.1, 0.15) is 0 Å². The number of methoxy groups -OCH3 is 2. The first kappa shape index (κ1) is 26.6. The first-order valence-electron chi connectivity index (χ1n) is 10.4. The van der Waals surface area contributed by atoms with E-state index in [-0.39, 0.29) is 35.1 Å². The Hall–Kier alpha value is -0.400. The number of ether oxygens (including phenoxy) is 2. The summed E-state index contributed by atoms with van der Waals surface area (Å²) in [4.78, 5) is 13.5. The van der Waals surface area contributed by atoms with E-state index in [0.29, 0.717) is 34.5 Å². The zero-order valence-corrected chi connectivity index (χ0v) is 25.5. The number of benzene rings is 1. The van der Waals surface area contributed by atoms with Gasteiger partial charge in [-0.3, -0.25) is 0 Å². The molecule has 1 aromatic carbocycles. The van der Waals surface area contributed by atoms with Crippen LogP contribution in [0.3, 0.4) is 0 Å². The Bertz CT molecular complexity index is 665. The summed E-state index contributed by atoms with van der Waals surface area (Å²) >= 11 is 0.493. The van der Waals surface area contributed by atoms with Gasteiger partial charge < -0.3 is 17.0 Å². The molecule has 160 valence electrons. The SMILES string of the molecule is CCCC(OC)C(CC[CH]([InH2])C=C1C=C[NH+](Cc2ccccc2)C(=O)C1)OC.[Br-]. The first-order chi connectivity index (χ1) is 13.6. The van der Waals surface area contributed by atoms with Crippen LogP contribution in [-0.2, 0) is 20.8 Å². The molecule has 1 N–H and O–H groups in total. The van der Waals surface area contributed by atoms with Crippen LogP contribution >= 0.6 is 0 Å². The smallest absolute Gasteiger partial charge is 1.00 e. The van der Waals surface area contributed by atoms with Gasteiger partial charge in [-0.15, -0.1) is 0 Å². The summed E-state index contributed by atoms with van der Waals surface area (Å²) in [7, 11) is 3.56. The Morgan fingerprint density at radius 2 is 1.76 bits per heavy atom. The fourth-order valence-corrected chi connectivity index (χ4v) is 5.99. The Kier molecular flexibility index (Phi) is 13.4. The fourth-order valence-electron chi connectivity index (χ4n) is 3.82. The van der Waals surface area contributed by atoms with Gasteiger partial charge in [-0.1, -0.05) is 0 Å². The number of quaternary nitrogens is 1. The number of hydrogen-bond donors (Lipinski definition) is 1. The molecule has 0 radical (unpaired) electrons. The summed E-state index contributed by atoms with van der Waals surface area (Å²) in [5, 5.41) is 0. The van der Waals surface area contributed by atoms with Crippen LogP contribution in [0.5, 0.6) is 0 Å². The van der Waals surface area contributed by atoms with E-state index >= 15 is 0 Å². The maximum Gasteiger partial charge on any atom is -1.00 e. The van der Waals surface area contributed by atoms with Crippen molar-refractivity contribution in [3.63, 3.8) is 0 Å². The Balaban J connectivity index is 0.00000420. The minimum atomic E-state index is 0. The molecule has 1 aliphatic rings. The molecule has 0 aromatic heterocycles. The molecule has 1 heterocycles. The van der Waals surface area contributed by atoms with Crippen molar-refractivity contribution in [1.29, 1.82) is 0 Å². The molecule has 1 aliphatic heterocycles. The molecule has 4 atom stereocenters. The van der Waals surface area contributed by atoms with Gasteiger partial charge in [-0.25, -0.2) is 0 Å². The second-order valence-corrected chi connectivity index (χ2v) is 12.0. The number of nitrogens with one attached hydrogen (secondary N) is 1. The molecular weight excluding hydrogens is 533 g/mol. The number of allylic oxidation sites excluding steroid dienone is 2. The van der Waals surface area contributed by atoms with E-state index in [1.807, 2.05) is 24.4 Å². The number of halogens is 1. The number of carbonyl (C=O) groups excluding carboxylic acids is 1. The van der Waals surface area contributed by atoms with Gasteiger partial charge in [0, 0.05) is 0 Å². The second kappa shape index (κ2) is 14.6. The second-order valence-electron chi connectivity index (χ2n) is 7.75. The summed E-state index contributed by atoms with van der Waals surface area (Å²) in [6.07, 6.45) is 11.6. The van der Waals surface area contributed by atoms with Crippen molar-refractivity contribution in [2.45, 2.75) is 61.5 Å². The van der Waals surface area contributed by atoms with Gasteiger partial charge >= 0.3 is 185 Å². The van der Waals surface area contributed by atoms with E-state index in [1.165, 1.54) is 11.1 Å². The van der Waals surface area contributed by atoms with Crippen LogP contribution in [-0.4, -0.2) is 56.7 Å². The standard InChI is InChI=1S/C23H32NO3.BrH.In.2H/c1-4-10-21(26-2)22(27-3)14-9-8-11-19-15-16-24(23(25)17-19)18-20-12-6-5-7-13-20;;;;/h5-8,11-13,15-16,21-22H,4,9-10,14,17-18H2,1-3H3;1H;;;. The summed E-state index contributed by atoms with van der Waals surface area (Å²) in [5.41, 5.74) is 2.37. The Morgan fingerprint density at radius 1 is 1.10 bits per heavy atom. The van der Waals surface area contributed by atoms with Crippen LogP contribution in [0.25, 0.3) is 0 Å². The van der Waals surface area contributed by atoms with E-state index in [1.54, 1.807) is 14.2 Å². The molecule has 1 aromatic rings. The molecule has 0 aliphatic carbocycles. The van der Waals surface area contributed by atoms with Crippen molar-refractivity contribution in [1.82, 2.24) is 0 Å². The number of amides is 1. The van der Waals surface area contributed by atoms with Gasteiger partial charge in [0.25, 0.3) is 0 Å². The third-order valence-corrected chi connectivity index (χ3v) is 8.06. The van der Waals surface area contributed by atoms with Gasteiger partial charge in [0.2, 0.25) is 0 Å². The minimum absolute atomic E-state index is 0. The molecule has 0 bridgehead atoms. The molecule has 0 saturated heterocycles. The van der Waals surface area contributed by atoms with Crippen molar-refractivity contribution < 1.29 is 36.1 Å². The van der Waals surface area contributed by atoms with E-state index < -0.39 is 0 Å². The average Bonchev–Trinajstić information content (AvgIpc) is 2.70. The Labute approximate surface area is 201 Å². The maximum atomic E-state index is 12.6. The van der Waals surface area contributed by atoms with Gasteiger partial charge in [0.05, 0.1) is 0 Å². The molecule has 1 amide bonds. The first-order valence-corrected chi connectivity index (χ1v) is 13.7. The molecule has 6 heteroatoms. The molecule has 0 fully saturated rings.